The molecule has 33 heavy (non-hydrogen) atoms. The van der Waals surface area contributed by atoms with Crippen LogP contribution < -0.4 is 26.7 Å². The number of nitrogens with zero attached hydrogens (tertiary/aromatic N) is 1. The molecule has 1 aliphatic heterocycles. The van der Waals surface area contributed by atoms with E-state index in [1.54, 1.807) is 30.3 Å². The molecule has 0 fully saturated rings. The standard InChI is InChI=1S/C23H23BFN3O5/c1-2-3-10-26-12-16-6-9-18-20(11-16)32-24(33-22(18)30)17-7-4-15(5-8-17)13-28-14-19(25)21(29)27-23(28)31/h4-9,11,14,26H,2-3,10,12-13H2,1H3,(H,27,29,31). The molecule has 0 atom stereocenters. The third kappa shape index (κ3) is 5.23. The van der Waals surface area contributed by atoms with Gasteiger partial charge in [0.05, 0.1) is 18.3 Å². The molecule has 0 radical (unpaired) electrons. The fourth-order valence-corrected chi connectivity index (χ4v) is 3.49. The lowest BCUT2D eigenvalue weighted by Crippen LogP contribution is -2.44. The number of carbonyl (C=O) groups is 1. The fraction of sp³-hybridized carbons (Fsp3) is 0.261. The van der Waals surface area contributed by atoms with E-state index >= 15 is 0 Å². The smallest absolute Gasteiger partial charge is 0.521 e. The number of unbranched alkanes of at least 4 members (excludes halogenated alkanes) is 1. The van der Waals surface area contributed by atoms with Gasteiger partial charge in [0.2, 0.25) is 5.82 Å². The van der Waals surface area contributed by atoms with Crippen molar-refractivity contribution in [1.82, 2.24) is 14.9 Å². The van der Waals surface area contributed by atoms with Crippen molar-refractivity contribution >= 4 is 18.6 Å². The molecule has 8 nitrogen and oxygen atoms in total. The van der Waals surface area contributed by atoms with Crippen LogP contribution in [0.3, 0.4) is 0 Å². The molecule has 0 unspecified atom stereocenters. The second kappa shape index (κ2) is 9.87. The number of benzene rings is 2. The molecule has 10 heteroatoms. The van der Waals surface area contributed by atoms with E-state index in [1.165, 1.54) is 0 Å². The third-order valence-electron chi connectivity index (χ3n) is 5.32. The first-order chi connectivity index (χ1) is 15.9. The van der Waals surface area contributed by atoms with Crippen LogP contribution in [0.25, 0.3) is 0 Å². The largest absolute Gasteiger partial charge is 0.634 e. The summed E-state index contributed by atoms with van der Waals surface area (Å²) in [5, 5.41) is 3.36. The van der Waals surface area contributed by atoms with E-state index in [2.05, 4.69) is 12.2 Å². The second-order valence-electron chi connectivity index (χ2n) is 7.82. The van der Waals surface area contributed by atoms with Crippen molar-refractivity contribution in [1.29, 1.82) is 0 Å². The molecule has 0 spiro atoms. The van der Waals surface area contributed by atoms with Crippen molar-refractivity contribution in [3.8, 4) is 5.75 Å². The van der Waals surface area contributed by atoms with E-state index in [0.29, 0.717) is 28.9 Å². The number of fused-ring (bicyclic) bond motifs is 1. The van der Waals surface area contributed by atoms with Crippen LogP contribution in [0.4, 0.5) is 4.39 Å². The maximum Gasteiger partial charge on any atom is 0.634 e. The van der Waals surface area contributed by atoms with Gasteiger partial charge in [-0.3, -0.25) is 14.3 Å². The Morgan fingerprint density at radius 3 is 2.58 bits per heavy atom. The summed E-state index contributed by atoms with van der Waals surface area (Å²) in [6.45, 7) is 3.80. The van der Waals surface area contributed by atoms with E-state index in [9.17, 15) is 18.8 Å². The highest BCUT2D eigenvalue weighted by atomic mass is 19.1. The molecule has 0 saturated heterocycles. The zero-order chi connectivity index (χ0) is 23.4. The summed E-state index contributed by atoms with van der Waals surface area (Å²) in [5.41, 5.74) is 0.932. The molecule has 170 valence electrons. The van der Waals surface area contributed by atoms with Gasteiger partial charge < -0.3 is 14.6 Å². The minimum Gasteiger partial charge on any atom is -0.521 e. The van der Waals surface area contributed by atoms with Crippen molar-refractivity contribution in [2.75, 3.05) is 6.54 Å². The van der Waals surface area contributed by atoms with E-state index in [0.717, 1.165) is 35.7 Å². The Labute approximate surface area is 189 Å². The molecule has 1 aliphatic rings. The van der Waals surface area contributed by atoms with Gasteiger partial charge in [-0.05, 0) is 36.2 Å². The Morgan fingerprint density at radius 2 is 1.82 bits per heavy atom. The number of rotatable bonds is 8. The van der Waals surface area contributed by atoms with Crippen LogP contribution in [-0.2, 0) is 17.7 Å². The molecule has 2 N–H and O–H groups in total. The average Bonchev–Trinajstić information content (AvgIpc) is 2.80. The van der Waals surface area contributed by atoms with Crippen molar-refractivity contribution in [2.45, 2.75) is 32.9 Å². The normalized spacial score (nSPS) is 12.8. The number of aromatic amines is 1. The SMILES string of the molecule is CCCCNCc1ccc2c(c1)OB(c1ccc(Cn3cc(F)c(=O)[nH]c3=O)cc1)OC2=O. The monoisotopic (exact) mass is 451 g/mol. The molecule has 1 aromatic heterocycles. The van der Waals surface area contributed by atoms with Crippen LogP contribution in [0.5, 0.6) is 5.75 Å². The summed E-state index contributed by atoms with van der Waals surface area (Å²) in [5.74, 6) is -1.04. The van der Waals surface area contributed by atoms with Gasteiger partial charge in [-0.1, -0.05) is 43.7 Å². The van der Waals surface area contributed by atoms with Crippen molar-refractivity contribution < 1.29 is 18.5 Å². The quantitative estimate of drug-likeness (QED) is 0.398. The van der Waals surface area contributed by atoms with Gasteiger partial charge in [0, 0.05) is 12.0 Å². The number of hydrogen-bond acceptors (Lipinski definition) is 6. The molecule has 2 heterocycles. The van der Waals surface area contributed by atoms with E-state index in [1.807, 2.05) is 17.1 Å². The Balaban J connectivity index is 1.47. The van der Waals surface area contributed by atoms with E-state index in [-0.39, 0.29) is 6.54 Å². The highest BCUT2D eigenvalue weighted by molar-refractivity contribution is 6.64. The summed E-state index contributed by atoms with van der Waals surface area (Å²) in [7, 11) is -0.907. The van der Waals surface area contributed by atoms with Gasteiger partial charge in [0.25, 0.3) is 5.56 Å². The Morgan fingerprint density at radius 1 is 1.06 bits per heavy atom. The lowest BCUT2D eigenvalue weighted by atomic mass is 9.77. The Hall–Kier alpha value is -3.66. The number of carbonyl (C=O) groups excluding carboxylic acids is 1. The van der Waals surface area contributed by atoms with Crippen LogP contribution in [0, 0.1) is 5.82 Å². The van der Waals surface area contributed by atoms with Crippen LogP contribution in [-0.4, -0.2) is 29.2 Å². The fourth-order valence-electron chi connectivity index (χ4n) is 3.49. The van der Waals surface area contributed by atoms with Crippen LogP contribution in [0.15, 0.2) is 58.3 Å². The molecule has 0 amide bonds. The molecule has 2 aromatic carbocycles. The van der Waals surface area contributed by atoms with Crippen LogP contribution >= 0.6 is 0 Å². The van der Waals surface area contributed by atoms with E-state index < -0.39 is 30.2 Å². The number of H-pyrrole nitrogens is 1. The predicted octanol–water partition coefficient (Wildman–Crippen LogP) is 1.56. The van der Waals surface area contributed by atoms with Crippen LogP contribution in [0.1, 0.15) is 41.3 Å². The van der Waals surface area contributed by atoms with E-state index in [4.69, 9.17) is 9.31 Å². The predicted molar refractivity (Wildman–Crippen MR) is 121 cm³/mol. The molecule has 0 aliphatic carbocycles. The highest BCUT2D eigenvalue weighted by Crippen LogP contribution is 2.26. The zero-order valence-corrected chi connectivity index (χ0v) is 18.1. The lowest BCUT2D eigenvalue weighted by molar-refractivity contribution is 0.0687. The van der Waals surface area contributed by atoms with Crippen molar-refractivity contribution in [2.24, 2.45) is 0 Å². The van der Waals surface area contributed by atoms with Crippen LogP contribution in [0.2, 0.25) is 0 Å². The molecule has 0 bridgehead atoms. The van der Waals surface area contributed by atoms with Gasteiger partial charge in [-0.25, -0.2) is 9.59 Å². The van der Waals surface area contributed by atoms with Gasteiger partial charge in [0.15, 0.2) is 0 Å². The molecule has 0 saturated carbocycles. The molecular weight excluding hydrogens is 428 g/mol. The average molecular weight is 451 g/mol. The topological polar surface area (TPSA) is 102 Å². The second-order valence-corrected chi connectivity index (χ2v) is 7.82. The van der Waals surface area contributed by atoms with Gasteiger partial charge in [-0.15, -0.1) is 0 Å². The molecular formula is C23H23BFN3O5. The minimum atomic E-state index is -1.05. The zero-order valence-electron chi connectivity index (χ0n) is 18.1. The maximum absolute atomic E-state index is 13.5. The lowest BCUT2D eigenvalue weighted by Gasteiger charge is -2.23. The van der Waals surface area contributed by atoms with Crippen molar-refractivity contribution in [3.63, 3.8) is 0 Å². The first kappa shape index (κ1) is 22.5. The Bertz CT molecular complexity index is 1270. The number of nitrogens with one attached hydrogen (secondary N) is 2. The van der Waals surface area contributed by atoms with Gasteiger partial charge >= 0.3 is 18.8 Å². The Kier molecular flexibility index (Phi) is 6.74. The number of hydrogen-bond donors (Lipinski definition) is 2. The third-order valence-corrected chi connectivity index (χ3v) is 5.32. The minimum absolute atomic E-state index is 0.0648. The summed E-state index contributed by atoms with van der Waals surface area (Å²) in [6.07, 6.45) is 3.08. The maximum atomic E-state index is 13.5. The summed E-state index contributed by atoms with van der Waals surface area (Å²) in [6, 6.07) is 12.3. The first-order valence-corrected chi connectivity index (χ1v) is 10.7. The van der Waals surface area contributed by atoms with Gasteiger partial charge in [-0.2, -0.15) is 4.39 Å². The molecule has 4 rings (SSSR count). The highest BCUT2D eigenvalue weighted by Gasteiger charge is 2.35. The summed E-state index contributed by atoms with van der Waals surface area (Å²) < 4.78 is 25.9. The molecule has 3 aromatic rings. The summed E-state index contributed by atoms with van der Waals surface area (Å²) in [4.78, 5) is 37.4. The van der Waals surface area contributed by atoms with Crippen molar-refractivity contribution in [3.05, 3.63) is 92.0 Å². The number of halogens is 1. The summed E-state index contributed by atoms with van der Waals surface area (Å²) >= 11 is 0. The first-order valence-electron chi connectivity index (χ1n) is 10.7. The number of aromatic nitrogens is 2. The van der Waals surface area contributed by atoms with Gasteiger partial charge in [0.1, 0.15) is 5.75 Å².